The number of allylic oxidation sites excluding steroid dienone is 1. The Hall–Kier alpha value is -0.990. The summed E-state index contributed by atoms with van der Waals surface area (Å²) in [7, 11) is 1.52. The highest BCUT2D eigenvalue weighted by atomic mass is 16.5. The van der Waals surface area contributed by atoms with Crippen molar-refractivity contribution in [3.63, 3.8) is 0 Å². The van der Waals surface area contributed by atoms with E-state index in [1.54, 1.807) is 6.08 Å². The summed E-state index contributed by atoms with van der Waals surface area (Å²) >= 11 is 0. The van der Waals surface area contributed by atoms with Gasteiger partial charge in [-0.15, -0.1) is 0 Å². The van der Waals surface area contributed by atoms with Crippen LogP contribution in [0.15, 0.2) is 12.3 Å². The summed E-state index contributed by atoms with van der Waals surface area (Å²) in [5.74, 6) is 0. The summed E-state index contributed by atoms with van der Waals surface area (Å²) in [6, 6.07) is 0. The molecule has 0 aromatic rings. The second-order valence-electron chi connectivity index (χ2n) is 1.44. The summed E-state index contributed by atoms with van der Waals surface area (Å²) in [6.45, 7) is 1.96. The van der Waals surface area contributed by atoms with E-state index < -0.39 is 6.09 Å². The number of alkyl carbamates (subject to hydrolysis) is 1. The molecule has 1 N–H and O–H groups in total. The molecule has 0 aliphatic carbocycles. The SMILES string of the molecule is CCC=COC(=O)NC. The molecule has 0 unspecified atom stereocenters. The van der Waals surface area contributed by atoms with E-state index in [2.05, 4.69) is 10.1 Å². The molecule has 9 heavy (non-hydrogen) atoms. The van der Waals surface area contributed by atoms with Crippen LogP contribution in [-0.4, -0.2) is 13.1 Å². The van der Waals surface area contributed by atoms with Crippen LogP contribution in [0.3, 0.4) is 0 Å². The van der Waals surface area contributed by atoms with E-state index in [4.69, 9.17) is 0 Å². The first-order chi connectivity index (χ1) is 4.31. The smallest absolute Gasteiger partial charge is 0.411 e. The van der Waals surface area contributed by atoms with Gasteiger partial charge < -0.3 is 10.1 Å². The minimum Gasteiger partial charge on any atom is -0.419 e. The lowest BCUT2D eigenvalue weighted by atomic mass is 10.5. The number of amides is 1. The second-order valence-corrected chi connectivity index (χ2v) is 1.44. The van der Waals surface area contributed by atoms with Crippen molar-refractivity contribution in [2.75, 3.05) is 7.05 Å². The third-order valence-corrected chi connectivity index (χ3v) is 0.711. The third kappa shape index (κ3) is 4.87. The van der Waals surface area contributed by atoms with Gasteiger partial charge in [-0.3, -0.25) is 0 Å². The topological polar surface area (TPSA) is 38.3 Å². The number of ether oxygens (including phenoxy) is 1. The van der Waals surface area contributed by atoms with Crippen LogP contribution >= 0.6 is 0 Å². The number of hydrogen-bond acceptors (Lipinski definition) is 2. The molecule has 52 valence electrons. The van der Waals surface area contributed by atoms with Crippen molar-refractivity contribution in [2.45, 2.75) is 13.3 Å². The molecule has 0 saturated heterocycles. The van der Waals surface area contributed by atoms with Crippen LogP contribution in [-0.2, 0) is 4.74 Å². The molecule has 0 aliphatic heterocycles. The van der Waals surface area contributed by atoms with E-state index in [0.717, 1.165) is 6.42 Å². The molecule has 3 nitrogen and oxygen atoms in total. The average Bonchev–Trinajstić information content (AvgIpc) is 1.89. The molecule has 0 aromatic carbocycles. The lowest BCUT2D eigenvalue weighted by Crippen LogP contribution is -2.16. The summed E-state index contributed by atoms with van der Waals surface area (Å²) in [6.07, 6.45) is 3.57. The van der Waals surface area contributed by atoms with Crippen molar-refractivity contribution in [3.8, 4) is 0 Å². The Morgan fingerprint density at radius 1 is 1.78 bits per heavy atom. The summed E-state index contributed by atoms with van der Waals surface area (Å²) in [5.41, 5.74) is 0. The van der Waals surface area contributed by atoms with E-state index in [1.165, 1.54) is 13.3 Å². The maximum absolute atomic E-state index is 10.3. The normalized spacial score (nSPS) is 9.56. The van der Waals surface area contributed by atoms with Gasteiger partial charge in [-0.25, -0.2) is 4.79 Å². The average molecular weight is 129 g/mol. The minimum atomic E-state index is -0.431. The molecule has 0 aromatic heterocycles. The molecule has 0 spiro atoms. The molecule has 0 fully saturated rings. The summed E-state index contributed by atoms with van der Waals surface area (Å²) in [4.78, 5) is 10.3. The van der Waals surface area contributed by atoms with Gasteiger partial charge in [0.25, 0.3) is 0 Å². The number of nitrogens with one attached hydrogen (secondary N) is 1. The Labute approximate surface area is 54.7 Å². The van der Waals surface area contributed by atoms with Crippen LogP contribution in [0.25, 0.3) is 0 Å². The fourth-order valence-electron chi connectivity index (χ4n) is 0.265. The van der Waals surface area contributed by atoms with Crippen molar-refractivity contribution in [2.24, 2.45) is 0 Å². The van der Waals surface area contributed by atoms with E-state index >= 15 is 0 Å². The Bertz CT molecular complexity index is 110. The van der Waals surface area contributed by atoms with E-state index in [-0.39, 0.29) is 0 Å². The van der Waals surface area contributed by atoms with Gasteiger partial charge in [-0.1, -0.05) is 6.92 Å². The predicted octanol–water partition coefficient (Wildman–Crippen LogP) is 1.27. The summed E-state index contributed by atoms with van der Waals surface area (Å²) < 4.78 is 4.50. The first kappa shape index (κ1) is 8.01. The third-order valence-electron chi connectivity index (χ3n) is 0.711. The molecule has 1 amide bonds. The van der Waals surface area contributed by atoms with Crippen LogP contribution in [0.1, 0.15) is 13.3 Å². The number of carbonyl (C=O) groups excluding carboxylic acids is 1. The van der Waals surface area contributed by atoms with Crippen molar-refractivity contribution in [3.05, 3.63) is 12.3 Å². The molecule has 0 rings (SSSR count). The molecule has 3 heteroatoms. The van der Waals surface area contributed by atoms with Gasteiger partial charge in [-0.05, 0) is 12.5 Å². The van der Waals surface area contributed by atoms with Gasteiger partial charge in [0.2, 0.25) is 0 Å². The quantitative estimate of drug-likeness (QED) is 0.570. The Kier molecular flexibility index (Phi) is 4.59. The van der Waals surface area contributed by atoms with Crippen molar-refractivity contribution < 1.29 is 9.53 Å². The van der Waals surface area contributed by atoms with E-state index in [0.29, 0.717) is 0 Å². The van der Waals surface area contributed by atoms with Gasteiger partial charge in [0, 0.05) is 7.05 Å². The lowest BCUT2D eigenvalue weighted by Gasteiger charge is -1.93. The van der Waals surface area contributed by atoms with Gasteiger partial charge >= 0.3 is 6.09 Å². The predicted molar refractivity (Wildman–Crippen MR) is 35.0 cm³/mol. The molecule has 0 bridgehead atoms. The van der Waals surface area contributed by atoms with E-state index in [1.807, 2.05) is 6.92 Å². The molecule has 0 saturated carbocycles. The Morgan fingerprint density at radius 3 is 2.89 bits per heavy atom. The summed E-state index contributed by atoms with van der Waals surface area (Å²) in [5, 5.41) is 2.31. The fourth-order valence-corrected chi connectivity index (χ4v) is 0.265. The van der Waals surface area contributed by atoms with Crippen molar-refractivity contribution in [1.82, 2.24) is 5.32 Å². The Morgan fingerprint density at radius 2 is 2.44 bits per heavy atom. The highest BCUT2D eigenvalue weighted by Gasteiger charge is 1.89. The number of rotatable bonds is 2. The number of hydrogen-bond donors (Lipinski definition) is 1. The first-order valence-electron chi connectivity index (χ1n) is 2.84. The van der Waals surface area contributed by atoms with Crippen molar-refractivity contribution in [1.29, 1.82) is 0 Å². The van der Waals surface area contributed by atoms with Crippen LogP contribution < -0.4 is 5.32 Å². The standard InChI is InChI=1S/C6H11NO2/c1-3-4-5-9-6(8)7-2/h4-5H,3H2,1-2H3,(H,7,8). The second kappa shape index (κ2) is 5.15. The van der Waals surface area contributed by atoms with Crippen molar-refractivity contribution >= 4 is 6.09 Å². The van der Waals surface area contributed by atoms with Crippen LogP contribution in [0.2, 0.25) is 0 Å². The Balaban J connectivity index is 3.26. The van der Waals surface area contributed by atoms with Crippen LogP contribution in [0.5, 0.6) is 0 Å². The number of carbonyl (C=O) groups is 1. The van der Waals surface area contributed by atoms with Crippen LogP contribution in [0, 0.1) is 0 Å². The molecular formula is C6H11NO2. The fraction of sp³-hybridized carbons (Fsp3) is 0.500. The van der Waals surface area contributed by atoms with E-state index in [9.17, 15) is 4.79 Å². The zero-order chi connectivity index (χ0) is 7.11. The maximum Gasteiger partial charge on any atom is 0.411 e. The van der Waals surface area contributed by atoms with Gasteiger partial charge in [0.1, 0.15) is 0 Å². The highest BCUT2D eigenvalue weighted by molar-refractivity contribution is 5.67. The molecule has 0 atom stereocenters. The molecule has 0 heterocycles. The zero-order valence-corrected chi connectivity index (χ0v) is 5.68. The highest BCUT2D eigenvalue weighted by Crippen LogP contribution is 1.81. The van der Waals surface area contributed by atoms with Gasteiger partial charge in [0.15, 0.2) is 0 Å². The maximum atomic E-state index is 10.3. The van der Waals surface area contributed by atoms with Crippen LogP contribution in [0.4, 0.5) is 4.79 Å². The molecule has 0 radical (unpaired) electrons. The molecular weight excluding hydrogens is 118 g/mol. The zero-order valence-electron chi connectivity index (χ0n) is 5.68. The first-order valence-corrected chi connectivity index (χ1v) is 2.84. The monoisotopic (exact) mass is 129 g/mol. The largest absolute Gasteiger partial charge is 0.419 e. The molecule has 0 aliphatic rings. The van der Waals surface area contributed by atoms with Gasteiger partial charge in [-0.2, -0.15) is 0 Å². The van der Waals surface area contributed by atoms with Gasteiger partial charge in [0.05, 0.1) is 6.26 Å². The minimum absolute atomic E-state index is 0.431. The lowest BCUT2D eigenvalue weighted by molar-refractivity contribution is 0.188.